The summed E-state index contributed by atoms with van der Waals surface area (Å²) < 4.78 is 0. The smallest absolute Gasteiger partial charge is 0.423 e. The van der Waals surface area contributed by atoms with Crippen molar-refractivity contribution in [3.63, 3.8) is 0 Å². The van der Waals surface area contributed by atoms with Crippen molar-refractivity contribution >= 4 is 37.0 Å². The van der Waals surface area contributed by atoms with Gasteiger partial charge < -0.3 is 20.1 Å². The molecule has 5 nitrogen and oxygen atoms in total. The summed E-state index contributed by atoms with van der Waals surface area (Å²) in [5.41, 5.74) is 1.56. The van der Waals surface area contributed by atoms with E-state index in [0.29, 0.717) is 16.6 Å². The molecule has 0 aliphatic carbocycles. The average molecular weight is 296 g/mol. The van der Waals surface area contributed by atoms with Crippen LogP contribution in [-0.2, 0) is 0 Å². The van der Waals surface area contributed by atoms with Crippen LogP contribution in [0.15, 0.2) is 54.6 Å². The fourth-order valence-electron chi connectivity index (χ4n) is 1.94. The van der Waals surface area contributed by atoms with Gasteiger partial charge in [0.2, 0.25) is 0 Å². The van der Waals surface area contributed by atoms with E-state index >= 15 is 0 Å². The maximum Gasteiger partial charge on any atom is 0.488 e. The molecule has 110 valence electrons. The molecular formula is C15H14B2O5. The summed E-state index contributed by atoms with van der Waals surface area (Å²) in [4.78, 5) is 12.1. The molecule has 0 atom stereocenters. The van der Waals surface area contributed by atoms with Gasteiger partial charge in [0.25, 0.3) is 0 Å². The Morgan fingerprint density at radius 2 is 1.45 bits per heavy atom. The van der Waals surface area contributed by atoms with Crippen molar-refractivity contribution in [1.82, 2.24) is 0 Å². The molecule has 0 aromatic heterocycles. The molecule has 0 aliphatic rings. The molecule has 0 radical (unpaired) electrons. The van der Waals surface area contributed by atoms with Crippen LogP contribution in [0.25, 0.3) is 6.08 Å². The molecule has 0 saturated heterocycles. The molecule has 0 saturated carbocycles. The molecule has 0 bridgehead atoms. The fraction of sp³-hybridized carbons (Fsp3) is 0. The Balaban J connectivity index is 2.18. The highest BCUT2D eigenvalue weighted by Crippen LogP contribution is 2.05. The molecule has 0 spiro atoms. The topological polar surface area (TPSA) is 98.0 Å². The van der Waals surface area contributed by atoms with Crippen LogP contribution in [0.4, 0.5) is 0 Å². The fourth-order valence-corrected chi connectivity index (χ4v) is 1.94. The van der Waals surface area contributed by atoms with E-state index in [0.717, 1.165) is 0 Å². The van der Waals surface area contributed by atoms with Crippen molar-refractivity contribution in [2.75, 3.05) is 0 Å². The van der Waals surface area contributed by atoms with Gasteiger partial charge in [-0.05, 0) is 22.6 Å². The molecule has 22 heavy (non-hydrogen) atoms. The summed E-state index contributed by atoms with van der Waals surface area (Å²) in [5, 5.41) is 36.4. The molecule has 0 fully saturated rings. The highest BCUT2D eigenvalue weighted by atomic mass is 16.4. The number of rotatable bonds is 5. The SMILES string of the molecule is O=C(/C=C/c1cccc(B(O)O)c1)c1cccc(B(O)O)c1. The highest BCUT2D eigenvalue weighted by molar-refractivity contribution is 6.59. The molecule has 0 aliphatic heterocycles. The minimum Gasteiger partial charge on any atom is -0.423 e. The molecule has 4 N–H and O–H groups in total. The second kappa shape index (κ2) is 7.20. The van der Waals surface area contributed by atoms with E-state index < -0.39 is 14.2 Å². The number of allylic oxidation sites excluding steroid dienone is 1. The van der Waals surface area contributed by atoms with Crippen LogP contribution in [0.5, 0.6) is 0 Å². The number of carbonyl (C=O) groups excluding carboxylic acids is 1. The molecule has 7 heteroatoms. The normalized spacial score (nSPS) is 10.7. The first-order valence-electron chi connectivity index (χ1n) is 6.62. The average Bonchev–Trinajstić information content (AvgIpc) is 2.53. The summed E-state index contributed by atoms with van der Waals surface area (Å²) >= 11 is 0. The Hall–Kier alpha value is -2.18. The van der Waals surface area contributed by atoms with Crippen LogP contribution in [0.1, 0.15) is 15.9 Å². The lowest BCUT2D eigenvalue weighted by atomic mass is 9.79. The van der Waals surface area contributed by atoms with Crippen molar-refractivity contribution in [1.29, 1.82) is 0 Å². The van der Waals surface area contributed by atoms with E-state index in [4.69, 9.17) is 20.1 Å². The van der Waals surface area contributed by atoms with Crippen LogP contribution in [0, 0.1) is 0 Å². The molecule has 2 aromatic rings. The Bertz CT molecular complexity index is 698. The quantitative estimate of drug-likeness (QED) is 0.320. The van der Waals surface area contributed by atoms with Crippen molar-refractivity contribution in [2.24, 2.45) is 0 Å². The van der Waals surface area contributed by atoms with Crippen LogP contribution in [0.3, 0.4) is 0 Å². The lowest BCUT2D eigenvalue weighted by molar-refractivity contribution is 0.104. The van der Waals surface area contributed by atoms with E-state index in [1.807, 2.05) is 0 Å². The van der Waals surface area contributed by atoms with Gasteiger partial charge in [-0.3, -0.25) is 4.79 Å². The number of hydrogen-bond acceptors (Lipinski definition) is 5. The zero-order valence-corrected chi connectivity index (χ0v) is 11.6. The molecule has 2 rings (SSSR count). The van der Waals surface area contributed by atoms with Gasteiger partial charge in [-0.2, -0.15) is 0 Å². The number of carbonyl (C=O) groups is 1. The van der Waals surface area contributed by atoms with Gasteiger partial charge in [0.1, 0.15) is 0 Å². The summed E-state index contributed by atoms with van der Waals surface area (Å²) in [7, 11) is -3.19. The van der Waals surface area contributed by atoms with E-state index in [1.165, 1.54) is 18.2 Å². The molecular weight excluding hydrogens is 282 g/mol. The number of benzene rings is 2. The van der Waals surface area contributed by atoms with Gasteiger partial charge in [0.15, 0.2) is 5.78 Å². The Morgan fingerprint density at radius 3 is 2.09 bits per heavy atom. The second-order valence-electron chi connectivity index (χ2n) is 4.74. The standard InChI is InChI=1S/C15H14B2O5/c18-15(12-4-2-6-14(10-12)17(21)22)8-7-11-3-1-5-13(9-11)16(19)20/h1-10,19-22H/b8-7+. The van der Waals surface area contributed by atoms with Crippen LogP contribution >= 0.6 is 0 Å². The minimum atomic E-state index is -1.63. The van der Waals surface area contributed by atoms with Gasteiger partial charge in [0, 0.05) is 5.56 Å². The predicted molar refractivity (Wildman–Crippen MR) is 85.9 cm³/mol. The maximum atomic E-state index is 12.1. The predicted octanol–water partition coefficient (Wildman–Crippen LogP) is -1.06. The van der Waals surface area contributed by atoms with E-state index in [9.17, 15) is 4.79 Å². The van der Waals surface area contributed by atoms with Gasteiger partial charge in [-0.15, -0.1) is 0 Å². The first kappa shape index (κ1) is 16.2. The third kappa shape index (κ3) is 4.16. The van der Waals surface area contributed by atoms with Gasteiger partial charge in [0.05, 0.1) is 0 Å². The highest BCUT2D eigenvalue weighted by Gasteiger charge is 2.13. The van der Waals surface area contributed by atoms with Crippen LogP contribution in [-0.4, -0.2) is 40.1 Å². The van der Waals surface area contributed by atoms with E-state index in [-0.39, 0.29) is 11.2 Å². The Morgan fingerprint density at radius 1 is 0.864 bits per heavy atom. The molecule has 0 amide bonds. The number of hydrogen-bond donors (Lipinski definition) is 4. The summed E-state index contributed by atoms with van der Waals surface area (Å²) in [6.07, 6.45) is 2.89. The first-order valence-corrected chi connectivity index (χ1v) is 6.62. The lowest BCUT2D eigenvalue weighted by Crippen LogP contribution is -2.30. The molecule has 2 aromatic carbocycles. The monoisotopic (exact) mass is 296 g/mol. The van der Waals surface area contributed by atoms with E-state index in [2.05, 4.69) is 0 Å². The summed E-state index contributed by atoms with van der Waals surface area (Å²) in [6.45, 7) is 0. The zero-order valence-electron chi connectivity index (χ0n) is 11.6. The van der Waals surface area contributed by atoms with Gasteiger partial charge in [-0.25, -0.2) is 0 Å². The van der Waals surface area contributed by atoms with Crippen molar-refractivity contribution < 1.29 is 24.9 Å². The molecule has 0 heterocycles. The Labute approximate surface area is 128 Å². The van der Waals surface area contributed by atoms with Crippen LogP contribution in [0.2, 0.25) is 0 Å². The summed E-state index contributed by atoms with van der Waals surface area (Å²) in [5.74, 6) is -0.294. The van der Waals surface area contributed by atoms with Gasteiger partial charge >= 0.3 is 14.2 Å². The summed E-state index contributed by atoms with van der Waals surface area (Å²) in [6, 6.07) is 12.6. The van der Waals surface area contributed by atoms with Crippen molar-refractivity contribution in [3.8, 4) is 0 Å². The second-order valence-corrected chi connectivity index (χ2v) is 4.74. The van der Waals surface area contributed by atoms with Crippen molar-refractivity contribution in [3.05, 3.63) is 65.7 Å². The third-order valence-corrected chi connectivity index (χ3v) is 3.11. The molecule has 0 unspecified atom stereocenters. The number of ketones is 1. The van der Waals surface area contributed by atoms with Gasteiger partial charge in [-0.1, -0.05) is 54.6 Å². The zero-order chi connectivity index (χ0) is 16.1. The third-order valence-electron chi connectivity index (χ3n) is 3.11. The Kier molecular flexibility index (Phi) is 5.30. The largest absolute Gasteiger partial charge is 0.488 e. The van der Waals surface area contributed by atoms with Crippen LogP contribution < -0.4 is 10.9 Å². The van der Waals surface area contributed by atoms with E-state index in [1.54, 1.807) is 42.5 Å². The minimum absolute atomic E-state index is 0.240. The van der Waals surface area contributed by atoms with Crippen molar-refractivity contribution in [2.45, 2.75) is 0 Å². The lowest BCUT2D eigenvalue weighted by Gasteiger charge is -2.02. The maximum absolute atomic E-state index is 12.1. The first-order chi connectivity index (χ1) is 10.5.